The zero-order chi connectivity index (χ0) is 13.2. The molecule has 0 saturated heterocycles. The number of benzene rings is 1. The predicted octanol–water partition coefficient (Wildman–Crippen LogP) is 2.20. The molecule has 0 radical (unpaired) electrons. The zero-order valence-electron chi connectivity index (χ0n) is 10.7. The van der Waals surface area contributed by atoms with Crippen LogP contribution in [0.15, 0.2) is 30.3 Å². The van der Waals surface area contributed by atoms with Crippen LogP contribution >= 0.6 is 0 Å². The summed E-state index contributed by atoms with van der Waals surface area (Å²) in [4.78, 5) is 15.3. The Morgan fingerprint density at radius 3 is 2.84 bits per heavy atom. The quantitative estimate of drug-likeness (QED) is 0.773. The molecule has 2 atom stereocenters. The van der Waals surface area contributed by atoms with Crippen molar-refractivity contribution in [3.8, 4) is 0 Å². The van der Waals surface area contributed by atoms with Gasteiger partial charge in [-0.05, 0) is 25.0 Å². The van der Waals surface area contributed by atoms with Crippen molar-refractivity contribution in [2.75, 3.05) is 0 Å². The topological polar surface area (TPSA) is 65.1 Å². The molecule has 1 fully saturated rings. The molecule has 1 saturated carbocycles. The molecule has 0 bridgehead atoms. The minimum Gasteiger partial charge on any atom is -0.391 e. The number of para-hydroxylation sites is 1. The Morgan fingerprint density at radius 1 is 1.26 bits per heavy atom. The highest BCUT2D eigenvalue weighted by atomic mass is 16.3. The standard InChI is InChI=1S/C15H18N2O2/c18-14-8-4-3-7-12(14)17-15(19)13-9-10-5-1-2-6-11(10)16-13/h1-2,5-6,9,12,14,16,18H,3-4,7-8H2,(H,17,19)/t12-,14+/m1/s1. The Morgan fingerprint density at radius 2 is 2.05 bits per heavy atom. The Bertz CT molecular complexity index is 558. The maximum absolute atomic E-state index is 12.2. The highest BCUT2D eigenvalue weighted by Crippen LogP contribution is 2.19. The molecule has 1 aliphatic carbocycles. The number of amides is 1. The molecule has 1 aliphatic rings. The van der Waals surface area contributed by atoms with Crippen LogP contribution in [0.2, 0.25) is 0 Å². The van der Waals surface area contributed by atoms with Gasteiger partial charge in [0.25, 0.3) is 5.91 Å². The third kappa shape index (κ3) is 2.49. The summed E-state index contributed by atoms with van der Waals surface area (Å²) < 4.78 is 0. The first-order valence-corrected chi connectivity index (χ1v) is 6.81. The van der Waals surface area contributed by atoms with Crippen molar-refractivity contribution in [3.05, 3.63) is 36.0 Å². The van der Waals surface area contributed by atoms with Gasteiger partial charge in [-0.2, -0.15) is 0 Å². The summed E-state index contributed by atoms with van der Waals surface area (Å²) in [6, 6.07) is 9.53. The lowest BCUT2D eigenvalue weighted by atomic mass is 9.92. The van der Waals surface area contributed by atoms with Gasteiger partial charge in [0, 0.05) is 10.9 Å². The van der Waals surface area contributed by atoms with E-state index in [-0.39, 0.29) is 11.9 Å². The molecule has 2 aromatic rings. The van der Waals surface area contributed by atoms with E-state index in [1.165, 1.54) is 0 Å². The number of rotatable bonds is 2. The summed E-state index contributed by atoms with van der Waals surface area (Å²) in [6.07, 6.45) is 3.32. The molecular formula is C15H18N2O2. The molecule has 4 nitrogen and oxygen atoms in total. The highest BCUT2D eigenvalue weighted by molar-refractivity contribution is 5.98. The Balaban J connectivity index is 1.76. The SMILES string of the molecule is O=C(N[C@@H]1CCCC[C@@H]1O)c1cc2ccccc2[nH]1. The molecule has 0 spiro atoms. The van der Waals surface area contributed by atoms with Gasteiger partial charge in [0.05, 0.1) is 12.1 Å². The van der Waals surface area contributed by atoms with E-state index < -0.39 is 6.10 Å². The van der Waals surface area contributed by atoms with E-state index in [0.29, 0.717) is 5.69 Å². The maximum Gasteiger partial charge on any atom is 0.268 e. The van der Waals surface area contributed by atoms with Crippen LogP contribution in [0.3, 0.4) is 0 Å². The van der Waals surface area contributed by atoms with Gasteiger partial charge in [-0.15, -0.1) is 0 Å². The molecule has 0 unspecified atom stereocenters. The smallest absolute Gasteiger partial charge is 0.268 e. The Hall–Kier alpha value is -1.81. The number of aliphatic hydroxyl groups excluding tert-OH is 1. The second-order valence-electron chi connectivity index (χ2n) is 5.20. The number of fused-ring (bicyclic) bond motifs is 1. The summed E-state index contributed by atoms with van der Waals surface area (Å²) in [5.41, 5.74) is 1.51. The van der Waals surface area contributed by atoms with Gasteiger partial charge in [-0.1, -0.05) is 31.0 Å². The van der Waals surface area contributed by atoms with Crippen LogP contribution in [0.25, 0.3) is 10.9 Å². The van der Waals surface area contributed by atoms with Crippen molar-refractivity contribution in [1.82, 2.24) is 10.3 Å². The number of hydrogen-bond donors (Lipinski definition) is 3. The first-order valence-electron chi connectivity index (χ1n) is 6.81. The molecular weight excluding hydrogens is 240 g/mol. The highest BCUT2D eigenvalue weighted by Gasteiger charge is 2.25. The second-order valence-corrected chi connectivity index (χ2v) is 5.20. The van der Waals surface area contributed by atoms with Crippen LogP contribution in [-0.4, -0.2) is 28.1 Å². The lowest BCUT2D eigenvalue weighted by molar-refractivity contribution is 0.0714. The minimum atomic E-state index is -0.415. The van der Waals surface area contributed by atoms with E-state index in [2.05, 4.69) is 10.3 Å². The predicted molar refractivity (Wildman–Crippen MR) is 74.0 cm³/mol. The third-order valence-electron chi connectivity index (χ3n) is 3.82. The number of H-pyrrole nitrogens is 1. The minimum absolute atomic E-state index is 0.118. The van der Waals surface area contributed by atoms with Crippen molar-refractivity contribution >= 4 is 16.8 Å². The monoisotopic (exact) mass is 258 g/mol. The third-order valence-corrected chi connectivity index (χ3v) is 3.82. The van der Waals surface area contributed by atoms with Crippen LogP contribution < -0.4 is 5.32 Å². The van der Waals surface area contributed by atoms with Crippen LogP contribution in [0, 0.1) is 0 Å². The van der Waals surface area contributed by atoms with Crippen molar-refractivity contribution in [2.45, 2.75) is 37.8 Å². The lowest BCUT2D eigenvalue weighted by Crippen LogP contribution is -2.45. The lowest BCUT2D eigenvalue weighted by Gasteiger charge is -2.28. The fourth-order valence-electron chi connectivity index (χ4n) is 2.72. The first kappa shape index (κ1) is 12.2. The van der Waals surface area contributed by atoms with Crippen molar-refractivity contribution < 1.29 is 9.90 Å². The molecule has 1 aromatic carbocycles. The van der Waals surface area contributed by atoms with Crippen LogP contribution in [0.5, 0.6) is 0 Å². The first-order chi connectivity index (χ1) is 9.24. The summed E-state index contributed by atoms with van der Waals surface area (Å²) in [7, 11) is 0. The molecule has 4 heteroatoms. The fourth-order valence-corrected chi connectivity index (χ4v) is 2.72. The van der Waals surface area contributed by atoms with Gasteiger partial charge < -0.3 is 15.4 Å². The van der Waals surface area contributed by atoms with Crippen LogP contribution in [0.1, 0.15) is 36.2 Å². The molecule has 3 rings (SSSR count). The number of carbonyl (C=O) groups excluding carboxylic acids is 1. The largest absolute Gasteiger partial charge is 0.391 e. The van der Waals surface area contributed by atoms with Gasteiger partial charge in [0.2, 0.25) is 0 Å². The van der Waals surface area contributed by atoms with E-state index in [0.717, 1.165) is 36.6 Å². The molecule has 3 N–H and O–H groups in total. The maximum atomic E-state index is 12.2. The Labute approximate surface area is 111 Å². The normalized spacial score (nSPS) is 23.4. The van der Waals surface area contributed by atoms with Crippen LogP contribution in [-0.2, 0) is 0 Å². The van der Waals surface area contributed by atoms with Gasteiger partial charge >= 0.3 is 0 Å². The average Bonchev–Trinajstić information content (AvgIpc) is 2.85. The number of nitrogens with one attached hydrogen (secondary N) is 2. The van der Waals surface area contributed by atoms with Crippen molar-refractivity contribution in [2.24, 2.45) is 0 Å². The van der Waals surface area contributed by atoms with E-state index in [1.807, 2.05) is 30.3 Å². The molecule has 1 heterocycles. The number of hydrogen-bond acceptors (Lipinski definition) is 2. The van der Waals surface area contributed by atoms with Gasteiger partial charge in [0.15, 0.2) is 0 Å². The van der Waals surface area contributed by atoms with E-state index in [4.69, 9.17) is 0 Å². The second kappa shape index (κ2) is 5.05. The summed E-state index contributed by atoms with van der Waals surface area (Å²) in [5, 5.41) is 13.8. The molecule has 100 valence electrons. The van der Waals surface area contributed by atoms with Crippen molar-refractivity contribution in [1.29, 1.82) is 0 Å². The van der Waals surface area contributed by atoms with E-state index in [9.17, 15) is 9.90 Å². The average molecular weight is 258 g/mol. The molecule has 0 aliphatic heterocycles. The number of aromatic nitrogens is 1. The van der Waals surface area contributed by atoms with Crippen LogP contribution in [0.4, 0.5) is 0 Å². The molecule has 1 aromatic heterocycles. The Kier molecular flexibility index (Phi) is 3.25. The zero-order valence-corrected chi connectivity index (χ0v) is 10.7. The number of aromatic amines is 1. The summed E-state index contributed by atoms with van der Waals surface area (Å²) in [5.74, 6) is -0.137. The van der Waals surface area contributed by atoms with E-state index >= 15 is 0 Å². The van der Waals surface area contributed by atoms with Crippen molar-refractivity contribution in [3.63, 3.8) is 0 Å². The van der Waals surface area contributed by atoms with Gasteiger partial charge in [-0.25, -0.2) is 0 Å². The summed E-state index contributed by atoms with van der Waals surface area (Å²) >= 11 is 0. The number of carbonyl (C=O) groups is 1. The molecule has 19 heavy (non-hydrogen) atoms. The molecule has 1 amide bonds. The van der Waals surface area contributed by atoms with E-state index in [1.54, 1.807) is 0 Å². The summed E-state index contributed by atoms with van der Waals surface area (Å²) in [6.45, 7) is 0. The fraction of sp³-hybridized carbons (Fsp3) is 0.400. The van der Waals surface area contributed by atoms with Gasteiger partial charge in [0.1, 0.15) is 5.69 Å². The number of aliphatic hydroxyl groups is 1. The van der Waals surface area contributed by atoms with Gasteiger partial charge in [-0.3, -0.25) is 4.79 Å².